The second-order valence-corrected chi connectivity index (χ2v) is 13.4. The van der Waals surface area contributed by atoms with Crippen molar-refractivity contribution in [3.05, 3.63) is 101 Å². The third kappa shape index (κ3) is 3.47. The topological polar surface area (TPSA) is 49.7 Å². The van der Waals surface area contributed by atoms with Gasteiger partial charge in [-0.3, -0.25) is 4.99 Å². The van der Waals surface area contributed by atoms with Crippen molar-refractivity contribution < 1.29 is 8.42 Å². The van der Waals surface area contributed by atoms with Gasteiger partial charge in [-0.15, -0.1) is 0 Å². The minimum absolute atomic E-state index is 0.135. The molecule has 184 valence electrons. The lowest BCUT2D eigenvalue weighted by Gasteiger charge is -2.55. The van der Waals surface area contributed by atoms with Gasteiger partial charge in [-0.1, -0.05) is 72.3 Å². The van der Waals surface area contributed by atoms with E-state index in [-0.39, 0.29) is 5.54 Å². The van der Waals surface area contributed by atoms with Crippen molar-refractivity contribution >= 4 is 15.9 Å². The average molecular weight is 497 g/mol. The third-order valence-corrected chi connectivity index (χ3v) is 10.8. The molecule has 0 spiro atoms. The summed E-state index contributed by atoms with van der Waals surface area (Å²) in [6.07, 6.45) is 7.29. The Kier molecular flexibility index (Phi) is 4.98. The number of sulfonamides is 1. The zero-order chi connectivity index (χ0) is 24.5. The summed E-state index contributed by atoms with van der Waals surface area (Å²) in [4.78, 5) is 5.86. The van der Waals surface area contributed by atoms with Gasteiger partial charge in [0.05, 0.1) is 16.5 Å². The molecule has 0 radical (unpaired) electrons. The number of nitrogens with zero attached hydrogens (tertiary/aromatic N) is 2. The van der Waals surface area contributed by atoms with Crippen LogP contribution in [0.3, 0.4) is 0 Å². The molecular weight excluding hydrogens is 464 g/mol. The molecule has 36 heavy (non-hydrogen) atoms. The summed E-state index contributed by atoms with van der Waals surface area (Å²) in [6.45, 7) is 1.98. The molecule has 0 N–H and O–H groups in total. The number of amidine groups is 1. The fourth-order valence-electron chi connectivity index (χ4n) is 7.87. The van der Waals surface area contributed by atoms with Gasteiger partial charge in [-0.05, 0) is 86.5 Å². The van der Waals surface area contributed by atoms with Crippen molar-refractivity contribution in [2.24, 2.45) is 22.7 Å². The van der Waals surface area contributed by atoms with Crippen molar-refractivity contribution in [2.75, 3.05) is 0 Å². The van der Waals surface area contributed by atoms with Crippen LogP contribution < -0.4 is 0 Å². The molecular formula is C31H32N2O2S. The number of rotatable bonds is 4. The van der Waals surface area contributed by atoms with Crippen molar-refractivity contribution in [3.63, 3.8) is 0 Å². The van der Waals surface area contributed by atoms with Gasteiger partial charge in [0.1, 0.15) is 5.84 Å². The summed E-state index contributed by atoms with van der Waals surface area (Å²) in [6, 6.07) is 25.0. The van der Waals surface area contributed by atoms with Crippen LogP contribution in [-0.2, 0) is 10.0 Å². The van der Waals surface area contributed by atoms with E-state index in [1.54, 1.807) is 16.4 Å². The van der Waals surface area contributed by atoms with E-state index in [0.717, 1.165) is 59.3 Å². The highest BCUT2D eigenvalue weighted by atomic mass is 32.2. The molecule has 0 aromatic heterocycles. The molecule has 1 heterocycles. The van der Waals surface area contributed by atoms with E-state index < -0.39 is 16.1 Å². The van der Waals surface area contributed by atoms with E-state index in [9.17, 15) is 8.42 Å². The molecule has 1 aliphatic heterocycles. The van der Waals surface area contributed by atoms with Crippen LogP contribution in [0.25, 0.3) is 0 Å². The Bertz CT molecular complexity index is 1410. The molecule has 3 aromatic carbocycles. The van der Waals surface area contributed by atoms with Crippen LogP contribution in [0, 0.1) is 24.7 Å². The Hall–Kier alpha value is -2.92. The summed E-state index contributed by atoms with van der Waals surface area (Å²) in [5, 5.41) is 0. The quantitative estimate of drug-likeness (QED) is 0.414. The van der Waals surface area contributed by atoms with Crippen LogP contribution in [0.5, 0.6) is 0 Å². The minimum atomic E-state index is -3.85. The zero-order valence-electron chi connectivity index (χ0n) is 20.7. The third-order valence-electron chi connectivity index (χ3n) is 8.98. The normalized spacial score (nSPS) is 31.7. The molecule has 4 fully saturated rings. The lowest BCUT2D eigenvalue weighted by atomic mass is 9.53. The molecule has 4 bridgehead atoms. The first-order chi connectivity index (χ1) is 17.4. The minimum Gasteiger partial charge on any atom is -0.260 e. The van der Waals surface area contributed by atoms with Gasteiger partial charge >= 0.3 is 0 Å². The number of aryl methyl sites for hydroxylation is 1. The Morgan fingerprint density at radius 3 is 2.00 bits per heavy atom. The maximum atomic E-state index is 14.4. The van der Waals surface area contributed by atoms with E-state index in [4.69, 9.17) is 4.99 Å². The summed E-state index contributed by atoms with van der Waals surface area (Å²) >= 11 is 0. The molecule has 0 saturated heterocycles. The van der Waals surface area contributed by atoms with Crippen LogP contribution in [-0.4, -0.2) is 24.1 Å². The monoisotopic (exact) mass is 496 g/mol. The molecule has 4 nitrogen and oxygen atoms in total. The second-order valence-electron chi connectivity index (χ2n) is 11.6. The van der Waals surface area contributed by atoms with E-state index in [0.29, 0.717) is 10.7 Å². The van der Waals surface area contributed by atoms with Crippen molar-refractivity contribution in [1.29, 1.82) is 0 Å². The summed E-state index contributed by atoms with van der Waals surface area (Å²) in [7, 11) is -3.85. The van der Waals surface area contributed by atoms with E-state index in [1.807, 2.05) is 61.5 Å². The van der Waals surface area contributed by atoms with Crippen LogP contribution in [0.1, 0.15) is 66.8 Å². The Labute approximate surface area is 214 Å². The smallest absolute Gasteiger partial charge is 0.260 e. The van der Waals surface area contributed by atoms with Gasteiger partial charge in [-0.2, -0.15) is 0 Å². The molecule has 1 atom stereocenters. The highest BCUT2D eigenvalue weighted by Gasteiger charge is 2.53. The maximum Gasteiger partial charge on any atom is 0.266 e. The first kappa shape index (κ1) is 22.3. The molecule has 1 unspecified atom stereocenters. The predicted molar refractivity (Wildman–Crippen MR) is 142 cm³/mol. The predicted octanol–water partition coefficient (Wildman–Crippen LogP) is 6.50. The summed E-state index contributed by atoms with van der Waals surface area (Å²) in [5.41, 5.74) is 3.85. The van der Waals surface area contributed by atoms with Gasteiger partial charge in [0.15, 0.2) is 0 Å². The molecule has 5 heteroatoms. The second kappa shape index (κ2) is 8.04. The lowest BCUT2D eigenvalue weighted by Crippen LogP contribution is -2.50. The Balaban J connectivity index is 1.44. The van der Waals surface area contributed by atoms with Gasteiger partial charge in [0.2, 0.25) is 0 Å². The highest BCUT2D eigenvalue weighted by Crippen LogP contribution is 2.58. The number of fused-ring (bicyclic) bond motifs is 1. The van der Waals surface area contributed by atoms with Crippen LogP contribution in [0.2, 0.25) is 0 Å². The average Bonchev–Trinajstić information content (AvgIpc) is 3.18. The first-order valence-electron chi connectivity index (χ1n) is 13.3. The summed E-state index contributed by atoms with van der Waals surface area (Å²) < 4.78 is 30.5. The number of hydrogen-bond acceptors (Lipinski definition) is 3. The molecule has 4 aliphatic carbocycles. The van der Waals surface area contributed by atoms with Crippen molar-refractivity contribution in [3.8, 4) is 0 Å². The van der Waals surface area contributed by atoms with Crippen molar-refractivity contribution in [2.45, 2.75) is 61.9 Å². The maximum absolute atomic E-state index is 14.4. The van der Waals surface area contributed by atoms with Crippen LogP contribution >= 0.6 is 0 Å². The first-order valence-corrected chi connectivity index (χ1v) is 14.7. The van der Waals surface area contributed by atoms with Gasteiger partial charge in [0, 0.05) is 5.56 Å². The fourth-order valence-corrected chi connectivity index (χ4v) is 9.46. The molecule has 8 rings (SSSR count). The fraction of sp³-hybridized carbons (Fsp3) is 0.387. The standard InChI is InChI=1S/C31H32N2O2S/c1-21-11-13-26(14-12-21)36(34,35)33-29(25-7-3-2-4-8-25)27-9-5-6-10-28(27)30(33)32-31-18-22-15-23(19-31)17-24(16-22)20-31/h2-14,22-24,29H,15-20H2,1H3. The van der Waals surface area contributed by atoms with E-state index in [2.05, 4.69) is 12.1 Å². The molecule has 4 saturated carbocycles. The van der Waals surface area contributed by atoms with Crippen LogP contribution in [0.15, 0.2) is 88.8 Å². The lowest BCUT2D eigenvalue weighted by molar-refractivity contribution is 0.00138. The van der Waals surface area contributed by atoms with Gasteiger partial charge in [-0.25, -0.2) is 12.7 Å². The Morgan fingerprint density at radius 2 is 1.36 bits per heavy atom. The highest BCUT2D eigenvalue weighted by molar-refractivity contribution is 7.89. The number of aliphatic imine (C=N–C) groups is 1. The Morgan fingerprint density at radius 1 is 0.778 bits per heavy atom. The van der Waals surface area contributed by atoms with E-state index >= 15 is 0 Å². The SMILES string of the molecule is Cc1ccc(S(=O)(=O)N2C(=NC34CC5CC(CC(C5)C3)C4)c3ccccc3C2c2ccccc2)cc1. The largest absolute Gasteiger partial charge is 0.266 e. The number of hydrogen-bond donors (Lipinski definition) is 0. The molecule has 5 aliphatic rings. The van der Waals surface area contributed by atoms with Crippen molar-refractivity contribution in [1.82, 2.24) is 4.31 Å². The zero-order valence-corrected chi connectivity index (χ0v) is 21.5. The molecule has 3 aromatic rings. The molecule has 0 amide bonds. The van der Waals surface area contributed by atoms with Gasteiger partial charge in [0.25, 0.3) is 10.0 Å². The summed E-state index contributed by atoms with van der Waals surface area (Å²) in [5.74, 6) is 2.86. The van der Waals surface area contributed by atoms with E-state index in [1.165, 1.54) is 19.3 Å². The number of benzene rings is 3. The van der Waals surface area contributed by atoms with Crippen LogP contribution in [0.4, 0.5) is 0 Å². The van der Waals surface area contributed by atoms with Gasteiger partial charge < -0.3 is 0 Å².